The first-order valence-electron chi connectivity index (χ1n) is 7.37. The highest BCUT2D eigenvalue weighted by Crippen LogP contribution is 2.16. The van der Waals surface area contributed by atoms with E-state index in [9.17, 15) is 9.18 Å². The van der Waals surface area contributed by atoms with Crippen molar-refractivity contribution in [3.63, 3.8) is 0 Å². The predicted molar refractivity (Wildman–Crippen MR) is 85.3 cm³/mol. The van der Waals surface area contributed by atoms with Crippen LogP contribution in [0.15, 0.2) is 42.6 Å². The predicted octanol–water partition coefficient (Wildman–Crippen LogP) is 3.53. The van der Waals surface area contributed by atoms with E-state index < -0.39 is 0 Å². The Hall–Kier alpha value is -2.43. The van der Waals surface area contributed by atoms with Gasteiger partial charge in [-0.1, -0.05) is 19.1 Å². The number of halogens is 1. The van der Waals surface area contributed by atoms with Crippen molar-refractivity contribution in [3.8, 4) is 0 Å². The van der Waals surface area contributed by atoms with Crippen LogP contribution in [0.4, 0.5) is 10.2 Å². The summed E-state index contributed by atoms with van der Waals surface area (Å²) >= 11 is 0. The highest BCUT2D eigenvalue weighted by atomic mass is 19.1. The molecule has 1 aromatic heterocycles. The average Bonchev–Trinajstić information content (AvgIpc) is 2.53. The fourth-order valence-electron chi connectivity index (χ4n) is 2.08. The maximum Gasteiger partial charge on any atom is 0.255 e. The molecule has 1 unspecified atom stereocenters. The van der Waals surface area contributed by atoms with Crippen molar-refractivity contribution in [1.82, 2.24) is 10.3 Å². The van der Waals surface area contributed by atoms with Crippen LogP contribution in [0.3, 0.4) is 0 Å². The van der Waals surface area contributed by atoms with E-state index in [4.69, 9.17) is 0 Å². The van der Waals surface area contributed by atoms with Gasteiger partial charge in [0.1, 0.15) is 11.6 Å². The molecular weight excluding hydrogens is 281 g/mol. The third-order valence-electron chi connectivity index (χ3n) is 3.31. The zero-order valence-electron chi connectivity index (χ0n) is 12.8. The molecule has 5 heteroatoms. The van der Waals surface area contributed by atoms with Gasteiger partial charge in [-0.3, -0.25) is 4.79 Å². The summed E-state index contributed by atoms with van der Waals surface area (Å²) in [5.41, 5.74) is 1.35. The van der Waals surface area contributed by atoms with Crippen LogP contribution in [0, 0.1) is 5.82 Å². The number of aromatic nitrogens is 1. The second-order valence-electron chi connectivity index (χ2n) is 5.07. The maximum atomic E-state index is 12.9. The average molecular weight is 301 g/mol. The molecule has 0 bridgehead atoms. The smallest absolute Gasteiger partial charge is 0.255 e. The van der Waals surface area contributed by atoms with Gasteiger partial charge in [-0.05, 0) is 43.2 Å². The summed E-state index contributed by atoms with van der Waals surface area (Å²) in [6.45, 7) is 4.66. The fourth-order valence-corrected chi connectivity index (χ4v) is 2.08. The zero-order valence-corrected chi connectivity index (χ0v) is 12.8. The van der Waals surface area contributed by atoms with Crippen molar-refractivity contribution < 1.29 is 9.18 Å². The monoisotopic (exact) mass is 301 g/mol. The Morgan fingerprint density at radius 2 is 2.00 bits per heavy atom. The lowest BCUT2D eigenvalue weighted by molar-refractivity contribution is 0.0940. The molecule has 0 spiro atoms. The number of hydrogen-bond acceptors (Lipinski definition) is 3. The van der Waals surface area contributed by atoms with E-state index in [0.29, 0.717) is 11.4 Å². The Bertz CT molecular complexity index is 628. The maximum absolute atomic E-state index is 12.9. The van der Waals surface area contributed by atoms with Crippen LogP contribution < -0.4 is 10.6 Å². The lowest BCUT2D eigenvalue weighted by Crippen LogP contribution is -2.27. The van der Waals surface area contributed by atoms with Gasteiger partial charge < -0.3 is 10.6 Å². The van der Waals surface area contributed by atoms with Crippen LogP contribution in [0.1, 0.15) is 42.2 Å². The first-order valence-corrected chi connectivity index (χ1v) is 7.37. The van der Waals surface area contributed by atoms with Crippen molar-refractivity contribution in [2.75, 3.05) is 11.9 Å². The molecule has 0 saturated heterocycles. The molecule has 4 nitrogen and oxygen atoms in total. The molecule has 0 aliphatic rings. The minimum Gasteiger partial charge on any atom is -0.369 e. The van der Waals surface area contributed by atoms with E-state index in [1.54, 1.807) is 30.5 Å². The number of carbonyl (C=O) groups is 1. The van der Waals surface area contributed by atoms with E-state index in [0.717, 1.165) is 18.5 Å². The van der Waals surface area contributed by atoms with E-state index in [-0.39, 0.29) is 17.8 Å². The minimum absolute atomic E-state index is 0.205. The Labute approximate surface area is 129 Å². The minimum atomic E-state index is -0.291. The number of nitrogens with one attached hydrogen (secondary N) is 2. The molecule has 0 radical (unpaired) electrons. The number of hydrogen-bond donors (Lipinski definition) is 2. The summed E-state index contributed by atoms with van der Waals surface area (Å²) in [7, 11) is 0. The van der Waals surface area contributed by atoms with Gasteiger partial charge in [0.25, 0.3) is 5.91 Å². The van der Waals surface area contributed by atoms with E-state index >= 15 is 0 Å². The molecule has 2 N–H and O–H groups in total. The van der Waals surface area contributed by atoms with Crippen LogP contribution in [-0.2, 0) is 0 Å². The quantitative estimate of drug-likeness (QED) is 0.858. The molecule has 1 atom stereocenters. The lowest BCUT2D eigenvalue weighted by atomic mass is 10.1. The van der Waals surface area contributed by atoms with Gasteiger partial charge in [-0.25, -0.2) is 9.37 Å². The molecule has 1 aromatic carbocycles. The molecule has 1 amide bonds. The van der Waals surface area contributed by atoms with Gasteiger partial charge in [0, 0.05) is 12.7 Å². The topological polar surface area (TPSA) is 54.0 Å². The summed E-state index contributed by atoms with van der Waals surface area (Å²) in [6, 6.07) is 9.35. The van der Waals surface area contributed by atoms with E-state index in [2.05, 4.69) is 15.6 Å². The first-order chi connectivity index (χ1) is 10.6. The van der Waals surface area contributed by atoms with Crippen molar-refractivity contribution in [2.45, 2.75) is 26.3 Å². The van der Waals surface area contributed by atoms with Crippen LogP contribution in [0.2, 0.25) is 0 Å². The van der Waals surface area contributed by atoms with Crippen LogP contribution >= 0.6 is 0 Å². The molecule has 0 aliphatic heterocycles. The molecule has 22 heavy (non-hydrogen) atoms. The van der Waals surface area contributed by atoms with Gasteiger partial charge >= 0.3 is 0 Å². The van der Waals surface area contributed by atoms with Crippen LogP contribution in [0.5, 0.6) is 0 Å². The van der Waals surface area contributed by atoms with Gasteiger partial charge in [0.05, 0.1) is 11.6 Å². The van der Waals surface area contributed by atoms with Gasteiger partial charge in [-0.15, -0.1) is 0 Å². The molecule has 2 aromatic rings. The molecular formula is C17H20FN3O. The van der Waals surface area contributed by atoms with E-state index in [1.807, 2.05) is 13.8 Å². The Kier molecular flexibility index (Phi) is 5.47. The van der Waals surface area contributed by atoms with Crippen molar-refractivity contribution in [1.29, 1.82) is 0 Å². The molecule has 0 aliphatic carbocycles. The van der Waals surface area contributed by atoms with Crippen LogP contribution in [0.25, 0.3) is 0 Å². The third kappa shape index (κ3) is 4.04. The van der Waals surface area contributed by atoms with Crippen molar-refractivity contribution >= 4 is 11.7 Å². The summed E-state index contributed by atoms with van der Waals surface area (Å²) < 4.78 is 12.9. The standard InChI is InChI=1S/C17H20FN3O/c1-3-10-19-16-15(5-4-11-20-16)17(22)21-12(2)13-6-8-14(18)9-7-13/h4-9,11-12H,3,10H2,1-2H3,(H,19,20)(H,21,22). The Balaban J connectivity index is 2.10. The molecule has 0 fully saturated rings. The molecule has 0 saturated carbocycles. The lowest BCUT2D eigenvalue weighted by Gasteiger charge is -2.16. The second-order valence-corrected chi connectivity index (χ2v) is 5.07. The number of rotatable bonds is 6. The Morgan fingerprint density at radius 1 is 1.27 bits per heavy atom. The van der Waals surface area contributed by atoms with Gasteiger partial charge in [0.15, 0.2) is 0 Å². The molecule has 1 heterocycles. The highest BCUT2D eigenvalue weighted by molar-refractivity contribution is 5.98. The third-order valence-corrected chi connectivity index (χ3v) is 3.31. The summed E-state index contributed by atoms with van der Waals surface area (Å²) in [5.74, 6) is 0.0808. The Morgan fingerprint density at radius 3 is 2.68 bits per heavy atom. The summed E-state index contributed by atoms with van der Waals surface area (Å²) in [4.78, 5) is 16.6. The first kappa shape index (κ1) is 15.9. The SMILES string of the molecule is CCCNc1ncccc1C(=O)NC(C)c1ccc(F)cc1. The fraction of sp³-hybridized carbons (Fsp3) is 0.294. The number of carbonyl (C=O) groups excluding carboxylic acids is 1. The van der Waals surface area contributed by atoms with Gasteiger partial charge in [0.2, 0.25) is 0 Å². The molecule has 116 valence electrons. The number of benzene rings is 1. The van der Waals surface area contributed by atoms with E-state index in [1.165, 1.54) is 12.1 Å². The number of pyridine rings is 1. The number of anilines is 1. The zero-order chi connectivity index (χ0) is 15.9. The number of nitrogens with zero attached hydrogens (tertiary/aromatic N) is 1. The van der Waals surface area contributed by atoms with Crippen molar-refractivity contribution in [3.05, 3.63) is 59.5 Å². The van der Waals surface area contributed by atoms with Gasteiger partial charge in [-0.2, -0.15) is 0 Å². The normalized spacial score (nSPS) is 11.8. The largest absolute Gasteiger partial charge is 0.369 e. The number of amides is 1. The summed E-state index contributed by atoms with van der Waals surface area (Å²) in [6.07, 6.45) is 2.60. The van der Waals surface area contributed by atoms with Crippen molar-refractivity contribution in [2.24, 2.45) is 0 Å². The highest BCUT2D eigenvalue weighted by Gasteiger charge is 2.15. The molecule has 2 rings (SSSR count). The van der Waals surface area contributed by atoms with Crippen LogP contribution in [-0.4, -0.2) is 17.4 Å². The summed E-state index contributed by atoms with van der Waals surface area (Å²) in [5, 5.41) is 6.05. The second kappa shape index (κ2) is 7.54.